The van der Waals surface area contributed by atoms with Gasteiger partial charge in [-0.25, -0.2) is 4.79 Å². The van der Waals surface area contributed by atoms with E-state index in [1.807, 2.05) is 53.1 Å². The van der Waals surface area contributed by atoms with E-state index in [1.54, 1.807) is 11.3 Å². The van der Waals surface area contributed by atoms with E-state index < -0.39 is 0 Å². The SMILES string of the molecule is O=C(NCc1ccccc1)N1CCSC1c1cccs1. The van der Waals surface area contributed by atoms with Crippen molar-refractivity contribution < 1.29 is 4.79 Å². The zero-order chi connectivity index (χ0) is 13.8. The lowest BCUT2D eigenvalue weighted by Crippen LogP contribution is -2.38. The Morgan fingerprint density at radius 2 is 2.10 bits per heavy atom. The summed E-state index contributed by atoms with van der Waals surface area (Å²) in [6.45, 7) is 1.39. The van der Waals surface area contributed by atoms with Gasteiger partial charge in [-0.2, -0.15) is 0 Å². The standard InChI is InChI=1S/C15H16N2OS2/c18-15(16-11-12-5-2-1-3-6-12)17-8-10-20-14(17)13-7-4-9-19-13/h1-7,9,14H,8,10-11H2,(H,16,18). The zero-order valence-corrected chi connectivity index (χ0v) is 12.6. The average molecular weight is 304 g/mol. The minimum Gasteiger partial charge on any atom is -0.334 e. The van der Waals surface area contributed by atoms with E-state index in [2.05, 4.69) is 16.8 Å². The van der Waals surface area contributed by atoms with Crippen molar-refractivity contribution in [3.63, 3.8) is 0 Å². The van der Waals surface area contributed by atoms with Gasteiger partial charge in [0.1, 0.15) is 5.37 Å². The van der Waals surface area contributed by atoms with Gasteiger partial charge in [-0.1, -0.05) is 36.4 Å². The number of thioether (sulfide) groups is 1. The van der Waals surface area contributed by atoms with Crippen molar-refractivity contribution in [1.82, 2.24) is 10.2 Å². The van der Waals surface area contributed by atoms with Gasteiger partial charge in [0.15, 0.2) is 0 Å². The number of benzene rings is 1. The second kappa shape index (κ2) is 6.33. The summed E-state index contributed by atoms with van der Waals surface area (Å²) in [6.07, 6.45) is 0. The van der Waals surface area contributed by atoms with Gasteiger partial charge in [-0.3, -0.25) is 0 Å². The summed E-state index contributed by atoms with van der Waals surface area (Å²) in [5.41, 5.74) is 1.13. The molecular formula is C15H16N2OS2. The molecule has 3 rings (SSSR count). The zero-order valence-electron chi connectivity index (χ0n) is 11.0. The fourth-order valence-electron chi connectivity index (χ4n) is 2.22. The Morgan fingerprint density at radius 3 is 2.85 bits per heavy atom. The first-order chi connectivity index (χ1) is 9.84. The van der Waals surface area contributed by atoms with Crippen LogP contribution >= 0.6 is 23.1 Å². The molecule has 2 amide bonds. The van der Waals surface area contributed by atoms with Gasteiger partial charge in [0.25, 0.3) is 0 Å². The van der Waals surface area contributed by atoms with Crippen molar-refractivity contribution in [3.05, 3.63) is 58.3 Å². The number of urea groups is 1. The lowest BCUT2D eigenvalue weighted by atomic mass is 10.2. The summed E-state index contributed by atoms with van der Waals surface area (Å²) in [5.74, 6) is 1.00. The van der Waals surface area contributed by atoms with E-state index in [4.69, 9.17) is 0 Å². The minimum atomic E-state index is 0.0252. The molecule has 0 aliphatic carbocycles. The largest absolute Gasteiger partial charge is 0.334 e. The number of carbonyl (C=O) groups is 1. The maximum atomic E-state index is 12.3. The van der Waals surface area contributed by atoms with E-state index in [-0.39, 0.29) is 11.4 Å². The van der Waals surface area contributed by atoms with Crippen LogP contribution < -0.4 is 5.32 Å². The summed E-state index contributed by atoms with van der Waals surface area (Å²) in [4.78, 5) is 15.5. The van der Waals surface area contributed by atoms with E-state index in [0.717, 1.165) is 17.9 Å². The van der Waals surface area contributed by atoms with E-state index in [1.165, 1.54) is 4.88 Å². The molecule has 0 bridgehead atoms. The molecule has 1 aromatic carbocycles. The molecule has 0 spiro atoms. The average Bonchev–Trinajstić information content (AvgIpc) is 3.15. The molecule has 1 unspecified atom stereocenters. The van der Waals surface area contributed by atoms with Crippen molar-refractivity contribution in [2.75, 3.05) is 12.3 Å². The van der Waals surface area contributed by atoms with Crippen LogP contribution in [0.3, 0.4) is 0 Å². The maximum Gasteiger partial charge on any atom is 0.318 e. The molecule has 1 saturated heterocycles. The highest BCUT2D eigenvalue weighted by Gasteiger charge is 2.31. The van der Waals surface area contributed by atoms with Crippen LogP contribution in [0.15, 0.2) is 47.8 Å². The Morgan fingerprint density at radius 1 is 1.25 bits per heavy atom. The van der Waals surface area contributed by atoms with Crippen molar-refractivity contribution in [3.8, 4) is 0 Å². The van der Waals surface area contributed by atoms with Crippen LogP contribution in [0, 0.1) is 0 Å². The quantitative estimate of drug-likeness (QED) is 0.937. The maximum absolute atomic E-state index is 12.3. The third kappa shape index (κ3) is 2.99. The molecule has 2 heterocycles. The lowest BCUT2D eigenvalue weighted by Gasteiger charge is -2.23. The van der Waals surface area contributed by atoms with Gasteiger partial charge < -0.3 is 10.2 Å². The summed E-state index contributed by atoms with van der Waals surface area (Å²) in [7, 11) is 0. The normalized spacial score (nSPS) is 18.2. The number of nitrogens with zero attached hydrogens (tertiary/aromatic N) is 1. The number of rotatable bonds is 3. The molecule has 20 heavy (non-hydrogen) atoms. The first-order valence-electron chi connectivity index (χ1n) is 6.58. The molecule has 1 N–H and O–H groups in total. The third-order valence-corrected chi connectivity index (χ3v) is 5.54. The molecule has 1 aliphatic heterocycles. The van der Waals surface area contributed by atoms with Crippen LogP contribution in [0.25, 0.3) is 0 Å². The topological polar surface area (TPSA) is 32.3 Å². The Kier molecular flexibility index (Phi) is 4.28. The van der Waals surface area contributed by atoms with Gasteiger partial charge in [-0.05, 0) is 17.0 Å². The molecule has 1 atom stereocenters. The number of hydrogen-bond acceptors (Lipinski definition) is 3. The highest BCUT2D eigenvalue weighted by Crippen LogP contribution is 2.39. The molecule has 1 aliphatic rings. The molecule has 0 saturated carbocycles. The van der Waals surface area contributed by atoms with Gasteiger partial charge in [0.2, 0.25) is 0 Å². The predicted molar refractivity (Wildman–Crippen MR) is 84.9 cm³/mol. The first-order valence-corrected chi connectivity index (χ1v) is 8.51. The summed E-state index contributed by atoms with van der Waals surface area (Å²) in [5, 5.41) is 5.25. The number of nitrogens with one attached hydrogen (secondary N) is 1. The number of hydrogen-bond donors (Lipinski definition) is 1. The fourth-order valence-corrected chi connectivity index (χ4v) is 4.46. The Balaban J connectivity index is 1.62. The summed E-state index contributed by atoms with van der Waals surface area (Å²) in [6, 6.07) is 14.2. The van der Waals surface area contributed by atoms with Crippen molar-refractivity contribution >= 4 is 29.1 Å². The van der Waals surface area contributed by atoms with Crippen LogP contribution in [0.1, 0.15) is 15.8 Å². The van der Waals surface area contributed by atoms with E-state index in [9.17, 15) is 4.79 Å². The van der Waals surface area contributed by atoms with Gasteiger partial charge >= 0.3 is 6.03 Å². The van der Waals surface area contributed by atoms with Crippen LogP contribution in [0.4, 0.5) is 4.79 Å². The highest BCUT2D eigenvalue weighted by molar-refractivity contribution is 7.99. The fraction of sp³-hybridized carbons (Fsp3) is 0.267. The van der Waals surface area contributed by atoms with Gasteiger partial charge in [-0.15, -0.1) is 23.1 Å². The second-order valence-corrected chi connectivity index (χ2v) is 6.74. The van der Waals surface area contributed by atoms with Crippen LogP contribution in [0.2, 0.25) is 0 Å². The van der Waals surface area contributed by atoms with Crippen LogP contribution in [-0.4, -0.2) is 23.2 Å². The molecule has 2 aromatic rings. The van der Waals surface area contributed by atoms with Crippen LogP contribution in [0.5, 0.6) is 0 Å². The lowest BCUT2D eigenvalue weighted by molar-refractivity contribution is 0.200. The molecule has 0 radical (unpaired) electrons. The monoisotopic (exact) mass is 304 g/mol. The molecule has 1 aromatic heterocycles. The summed E-state index contributed by atoms with van der Waals surface area (Å²) < 4.78 is 0. The summed E-state index contributed by atoms with van der Waals surface area (Å²) >= 11 is 3.55. The Labute approximate surface area is 127 Å². The molecule has 1 fully saturated rings. The number of amides is 2. The van der Waals surface area contributed by atoms with Gasteiger partial charge in [0, 0.05) is 23.7 Å². The molecule has 104 valence electrons. The van der Waals surface area contributed by atoms with E-state index in [0.29, 0.717) is 6.54 Å². The molecular weight excluding hydrogens is 288 g/mol. The smallest absolute Gasteiger partial charge is 0.318 e. The second-order valence-electron chi connectivity index (χ2n) is 4.58. The number of thiophene rings is 1. The van der Waals surface area contributed by atoms with Gasteiger partial charge in [0.05, 0.1) is 0 Å². The minimum absolute atomic E-state index is 0.0252. The Hall–Kier alpha value is -1.46. The molecule has 3 nitrogen and oxygen atoms in total. The molecule has 5 heteroatoms. The van der Waals surface area contributed by atoms with Crippen molar-refractivity contribution in [2.24, 2.45) is 0 Å². The van der Waals surface area contributed by atoms with Crippen molar-refractivity contribution in [2.45, 2.75) is 11.9 Å². The van der Waals surface area contributed by atoms with Crippen LogP contribution in [-0.2, 0) is 6.54 Å². The highest BCUT2D eigenvalue weighted by atomic mass is 32.2. The van der Waals surface area contributed by atoms with Crippen molar-refractivity contribution in [1.29, 1.82) is 0 Å². The number of carbonyl (C=O) groups excluding carboxylic acids is 1. The Bertz CT molecular complexity index is 557. The first kappa shape index (κ1) is 13.5. The predicted octanol–water partition coefficient (Wildman–Crippen LogP) is 3.71. The third-order valence-electron chi connectivity index (χ3n) is 3.22. The van der Waals surface area contributed by atoms with E-state index >= 15 is 0 Å².